The normalized spacial score (nSPS) is 14.3. The molecule has 1 aliphatic carbocycles. The number of amides is 2. The van der Waals surface area contributed by atoms with Crippen LogP contribution in [0.4, 0.5) is 4.79 Å². The van der Waals surface area contributed by atoms with Crippen LogP contribution in [0.3, 0.4) is 0 Å². The molecule has 3 N–H and O–H groups in total. The quantitative estimate of drug-likeness (QED) is 0.603. The molecule has 0 aromatic heterocycles. The summed E-state index contributed by atoms with van der Waals surface area (Å²) >= 11 is 0. The van der Waals surface area contributed by atoms with Crippen LogP contribution in [0.5, 0.6) is 0 Å². The molecule has 1 aliphatic rings. The fourth-order valence-electron chi connectivity index (χ4n) is 3.85. The predicted octanol–water partition coefficient (Wildman–Crippen LogP) is 3.39. The van der Waals surface area contributed by atoms with Gasteiger partial charge in [0.25, 0.3) is 0 Å². The Hall–Kier alpha value is -3.35. The van der Waals surface area contributed by atoms with Crippen molar-refractivity contribution in [1.29, 1.82) is 0 Å². The van der Waals surface area contributed by atoms with E-state index in [9.17, 15) is 19.5 Å². The molecule has 2 amide bonds. The number of nitrogens with one attached hydrogen (secondary N) is 2. The number of carbonyl (C=O) groups is 3. The lowest BCUT2D eigenvalue weighted by Gasteiger charge is -2.20. The summed E-state index contributed by atoms with van der Waals surface area (Å²) in [6, 6.07) is 15.2. The van der Waals surface area contributed by atoms with Gasteiger partial charge in [0.1, 0.15) is 12.6 Å². The van der Waals surface area contributed by atoms with Gasteiger partial charge in [-0.3, -0.25) is 9.59 Å². The lowest BCUT2D eigenvalue weighted by atomic mass is 9.96. The topological polar surface area (TPSA) is 105 Å². The van der Waals surface area contributed by atoms with E-state index in [0.29, 0.717) is 0 Å². The van der Waals surface area contributed by atoms with E-state index < -0.39 is 29.9 Å². The van der Waals surface area contributed by atoms with Crippen molar-refractivity contribution >= 4 is 18.0 Å². The first kappa shape index (κ1) is 22.3. The van der Waals surface area contributed by atoms with Gasteiger partial charge in [0.05, 0.1) is 5.92 Å². The first-order valence-corrected chi connectivity index (χ1v) is 10.4. The van der Waals surface area contributed by atoms with Gasteiger partial charge in [-0.15, -0.1) is 0 Å². The zero-order valence-electron chi connectivity index (χ0n) is 17.9. The van der Waals surface area contributed by atoms with Gasteiger partial charge < -0.3 is 20.5 Å². The van der Waals surface area contributed by atoms with Gasteiger partial charge in [-0.25, -0.2) is 4.79 Å². The third kappa shape index (κ3) is 5.05. The molecule has 7 heteroatoms. The summed E-state index contributed by atoms with van der Waals surface area (Å²) < 4.78 is 5.44. The molecule has 7 nitrogen and oxygen atoms in total. The summed E-state index contributed by atoms with van der Waals surface area (Å²) in [4.78, 5) is 35.8. The van der Waals surface area contributed by atoms with Crippen molar-refractivity contribution in [1.82, 2.24) is 10.6 Å². The molecule has 2 atom stereocenters. The van der Waals surface area contributed by atoms with Crippen LogP contribution in [0.2, 0.25) is 0 Å². The molecule has 164 valence electrons. The Kier molecular flexibility index (Phi) is 6.95. The van der Waals surface area contributed by atoms with Gasteiger partial charge in [-0.1, -0.05) is 62.4 Å². The first-order valence-electron chi connectivity index (χ1n) is 10.4. The Labute approximate surface area is 181 Å². The Bertz CT molecular complexity index is 926. The molecule has 0 spiro atoms. The Balaban J connectivity index is 1.54. The number of benzene rings is 2. The molecule has 2 aromatic carbocycles. The number of ether oxygens (including phenoxy) is 1. The average molecular weight is 424 g/mol. The van der Waals surface area contributed by atoms with E-state index >= 15 is 0 Å². The molecule has 0 fully saturated rings. The average Bonchev–Trinajstić information content (AvgIpc) is 3.05. The summed E-state index contributed by atoms with van der Waals surface area (Å²) in [5.74, 6) is -2.30. The van der Waals surface area contributed by atoms with Gasteiger partial charge in [0, 0.05) is 12.5 Å². The maximum atomic E-state index is 12.3. The molecule has 0 heterocycles. The Morgan fingerprint density at radius 1 is 0.968 bits per heavy atom. The van der Waals surface area contributed by atoms with Gasteiger partial charge in [-0.05, 0) is 35.1 Å². The van der Waals surface area contributed by atoms with Crippen LogP contribution in [-0.4, -0.2) is 42.3 Å². The number of fused-ring (bicyclic) bond motifs is 3. The molecule has 0 saturated carbocycles. The van der Waals surface area contributed by atoms with Crippen molar-refractivity contribution in [3.8, 4) is 11.1 Å². The van der Waals surface area contributed by atoms with Crippen molar-refractivity contribution in [2.45, 2.75) is 32.7 Å². The van der Waals surface area contributed by atoms with E-state index in [1.165, 1.54) is 6.92 Å². The zero-order chi connectivity index (χ0) is 22.5. The number of hydrogen-bond donors (Lipinski definition) is 3. The third-order valence-electron chi connectivity index (χ3n) is 5.69. The SMILES string of the molecule is CC(C)C(CNC(=O)[C@@H](C)NC(=O)OCC1c2ccccc2-c2ccccc21)C(=O)O. The smallest absolute Gasteiger partial charge is 0.407 e. The molecule has 31 heavy (non-hydrogen) atoms. The number of aliphatic carboxylic acids is 1. The lowest BCUT2D eigenvalue weighted by Crippen LogP contribution is -2.47. The molecule has 0 aliphatic heterocycles. The zero-order valence-corrected chi connectivity index (χ0v) is 17.9. The summed E-state index contributed by atoms with van der Waals surface area (Å²) in [6.45, 7) is 5.25. The molecule has 3 rings (SSSR count). The number of carboxylic acids is 1. The van der Waals surface area contributed by atoms with Gasteiger partial charge in [0.15, 0.2) is 0 Å². The minimum Gasteiger partial charge on any atom is -0.481 e. The van der Waals surface area contributed by atoms with E-state index in [-0.39, 0.29) is 25.0 Å². The highest BCUT2D eigenvalue weighted by Crippen LogP contribution is 2.44. The predicted molar refractivity (Wildman–Crippen MR) is 117 cm³/mol. The molecule has 0 saturated heterocycles. The van der Waals surface area contributed by atoms with Crippen LogP contribution in [0.1, 0.15) is 37.8 Å². The van der Waals surface area contributed by atoms with Crippen LogP contribution >= 0.6 is 0 Å². The van der Waals surface area contributed by atoms with E-state index in [1.807, 2.05) is 36.4 Å². The second kappa shape index (κ2) is 9.64. The van der Waals surface area contributed by atoms with Crippen LogP contribution in [-0.2, 0) is 14.3 Å². The number of carboxylic acid groups (broad SMARTS) is 1. The fourth-order valence-corrected chi connectivity index (χ4v) is 3.85. The number of alkyl carbamates (subject to hydrolysis) is 1. The summed E-state index contributed by atoms with van der Waals surface area (Å²) in [5.41, 5.74) is 4.49. The van der Waals surface area contributed by atoms with E-state index in [2.05, 4.69) is 22.8 Å². The fraction of sp³-hybridized carbons (Fsp3) is 0.375. The van der Waals surface area contributed by atoms with Crippen LogP contribution in [0.15, 0.2) is 48.5 Å². The lowest BCUT2D eigenvalue weighted by molar-refractivity contribution is -0.143. The first-order chi connectivity index (χ1) is 14.8. The van der Waals surface area contributed by atoms with Crippen molar-refractivity contribution in [3.63, 3.8) is 0 Å². The Morgan fingerprint density at radius 2 is 1.52 bits per heavy atom. The Morgan fingerprint density at radius 3 is 2.03 bits per heavy atom. The van der Waals surface area contributed by atoms with Crippen molar-refractivity contribution in [3.05, 3.63) is 59.7 Å². The van der Waals surface area contributed by atoms with E-state index in [1.54, 1.807) is 13.8 Å². The molecule has 0 bridgehead atoms. The summed E-state index contributed by atoms with van der Waals surface area (Å²) in [5, 5.41) is 14.3. The highest BCUT2D eigenvalue weighted by molar-refractivity contribution is 5.85. The molecular formula is C24H28N2O5. The number of carbonyl (C=O) groups excluding carboxylic acids is 2. The number of hydrogen-bond acceptors (Lipinski definition) is 4. The minimum atomic E-state index is -0.965. The van der Waals surface area contributed by atoms with Gasteiger partial charge in [0.2, 0.25) is 5.91 Å². The second-order valence-electron chi connectivity index (χ2n) is 8.13. The van der Waals surface area contributed by atoms with Crippen molar-refractivity contribution in [2.24, 2.45) is 11.8 Å². The van der Waals surface area contributed by atoms with Gasteiger partial charge >= 0.3 is 12.1 Å². The third-order valence-corrected chi connectivity index (χ3v) is 5.69. The molecule has 1 unspecified atom stereocenters. The van der Waals surface area contributed by atoms with Crippen LogP contribution in [0, 0.1) is 11.8 Å². The van der Waals surface area contributed by atoms with E-state index in [4.69, 9.17) is 4.74 Å². The maximum absolute atomic E-state index is 12.3. The molecule has 0 radical (unpaired) electrons. The number of rotatable bonds is 8. The monoisotopic (exact) mass is 424 g/mol. The highest BCUT2D eigenvalue weighted by Gasteiger charge is 2.29. The standard InChI is InChI=1S/C24H28N2O5/c1-14(2)20(23(28)29)12-25-22(27)15(3)26-24(30)31-13-21-18-10-6-4-8-16(18)17-9-5-7-11-19(17)21/h4-11,14-15,20-21H,12-13H2,1-3H3,(H,25,27)(H,26,30)(H,28,29)/t15-,20?/m1/s1. The summed E-state index contributed by atoms with van der Waals surface area (Å²) in [6.07, 6.45) is -0.692. The molecular weight excluding hydrogens is 396 g/mol. The van der Waals surface area contributed by atoms with Crippen molar-refractivity contribution < 1.29 is 24.2 Å². The highest BCUT2D eigenvalue weighted by atomic mass is 16.5. The van der Waals surface area contributed by atoms with Crippen molar-refractivity contribution in [2.75, 3.05) is 13.2 Å². The molecule has 2 aromatic rings. The minimum absolute atomic E-state index is 0.00252. The van der Waals surface area contributed by atoms with Gasteiger partial charge in [-0.2, -0.15) is 0 Å². The van der Waals surface area contributed by atoms with E-state index in [0.717, 1.165) is 22.3 Å². The van der Waals surface area contributed by atoms with Crippen LogP contribution in [0.25, 0.3) is 11.1 Å². The second-order valence-corrected chi connectivity index (χ2v) is 8.13. The largest absolute Gasteiger partial charge is 0.481 e. The van der Waals surface area contributed by atoms with Crippen LogP contribution < -0.4 is 10.6 Å². The maximum Gasteiger partial charge on any atom is 0.407 e. The summed E-state index contributed by atoms with van der Waals surface area (Å²) in [7, 11) is 0.